The van der Waals surface area contributed by atoms with Crippen molar-refractivity contribution >= 4 is 27.3 Å². The Hall–Kier alpha value is 0.1000. The van der Waals surface area contributed by atoms with Crippen LogP contribution >= 0.6 is 27.3 Å². The lowest BCUT2D eigenvalue weighted by molar-refractivity contribution is -0.00712. The number of thiophene rings is 1. The molecule has 1 fully saturated rings. The second-order valence-corrected chi connectivity index (χ2v) is 6.64. The summed E-state index contributed by atoms with van der Waals surface area (Å²) in [6, 6.07) is 2.60. The van der Waals surface area contributed by atoms with Gasteiger partial charge in [-0.1, -0.05) is 6.92 Å². The second kappa shape index (κ2) is 6.32. The minimum Gasteiger partial charge on any atom is -0.376 e. The van der Waals surface area contributed by atoms with Crippen molar-refractivity contribution in [3.63, 3.8) is 0 Å². The van der Waals surface area contributed by atoms with Gasteiger partial charge in [-0.15, -0.1) is 11.3 Å². The average molecular weight is 318 g/mol. The van der Waals surface area contributed by atoms with Gasteiger partial charge in [0.05, 0.1) is 12.1 Å². The van der Waals surface area contributed by atoms with Gasteiger partial charge in [-0.25, -0.2) is 0 Å². The molecule has 2 rings (SSSR count). The van der Waals surface area contributed by atoms with Gasteiger partial charge in [0.25, 0.3) is 0 Å². The van der Waals surface area contributed by atoms with Crippen molar-refractivity contribution in [1.29, 1.82) is 0 Å². The molecule has 1 aromatic heterocycles. The molecule has 2 nitrogen and oxygen atoms in total. The highest BCUT2D eigenvalue weighted by molar-refractivity contribution is 9.10. The molecule has 1 saturated heterocycles. The molecular formula is C13H20BrNOS. The first-order valence-corrected chi connectivity index (χ1v) is 7.94. The van der Waals surface area contributed by atoms with E-state index in [4.69, 9.17) is 4.74 Å². The van der Waals surface area contributed by atoms with Crippen molar-refractivity contribution in [3.05, 3.63) is 20.3 Å². The van der Waals surface area contributed by atoms with E-state index in [2.05, 4.69) is 41.2 Å². The highest BCUT2D eigenvalue weighted by atomic mass is 79.9. The quantitative estimate of drug-likeness (QED) is 0.905. The fourth-order valence-corrected chi connectivity index (χ4v) is 3.99. The Morgan fingerprint density at radius 2 is 2.41 bits per heavy atom. The van der Waals surface area contributed by atoms with Crippen molar-refractivity contribution in [2.24, 2.45) is 0 Å². The summed E-state index contributed by atoms with van der Waals surface area (Å²) in [4.78, 5) is 2.74. The summed E-state index contributed by atoms with van der Waals surface area (Å²) in [5.41, 5.74) is 0. The summed E-state index contributed by atoms with van der Waals surface area (Å²) >= 11 is 5.47. The Morgan fingerprint density at radius 3 is 2.94 bits per heavy atom. The zero-order valence-corrected chi connectivity index (χ0v) is 12.9. The Balaban J connectivity index is 2.15. The fourth-order valence-electron chi connectivity index (χ4n) is 2.30. The third kappa shape index (κ3) is 3.31. The van der Waals surface area contributed by atoms with E-state index in [0.29, 0.717) is 12.1 Å². The molecule has 1 N–H and O–H groups in total. The minimum atomic E-state index is 0.341. The Labute approximate surface area is 116 Å². The van der Waals surface area contributed by atoms with Crippen LogP contribution in [0.2, 0.25) is 0 Å². The molecule has 96 valence electrons. The highest BCUT2D eigenvalue weighted by Crippen LogP contribution is 2.35. The predicted molar refractivity (Wildman–Crippen MR) is 76.8 cm³/mol. The van der Waals surface area contributed by atoms with E-state index < -0.39 is 0 Å². The molecule has 0 bridgehead atoms. The molecule has 0 aromatic carbocycles. The minimum absolute atomic E-state index is 0.341. The number of rotatable bonds is 4. The number of ether oxygens (including phenoxy) is 1. The monoisotopic (exact) mass is 317 g/mol. The molecule has 1 aromatic rings. The first-order valence-electron chi connectivity index (χ1n) is 6.33. The van der Waals surface area contributed by atoms with E-state index in [0.717, 1.165) is 13.2 Å². The van der Waals surface area contributed by atoms with Gasteiger partial charge < -0.3 is 10.1 Å². The summed E-state index contributed by atoms with van der Waals surface area (Å²) in [6.45, 7) is 6.21. The number of nitrogens with one attached hydrogen (secondary N) is 1. The SMILES string of the molecule is CCNC(c1cc(Br)c(C)s1)C1CCCCO1. The Bertz CT molecular complexity index is 341. The first-order chi connectivity index (χ1) is 8.22. The van der Waals surface area contributed by atoms with Crippen LogP contribution in [0.4, 0.5) is 0 Å². The van der Waals surface area contributed by atoms with Crippen molar-refractivity contribution in [3.8, 4) is 0 Å². The molecule has 0 amide bonds. The van der Waals surface area contributed by atoms with Crippen LogP contribution in [0, 0.1) is 6.92 Å². The van der Waals surface area contributed by atoms with Crippen molar-refractivity contribution < 1.29 is 4.74 Å². The van der Waals surface area contributed by atoms with Crippen molar-refractivity contribution in [1.82, 2.24) is 5.32 Å². The predicted octanol–water partition coefficient (Wildman–Crippen LogP) is 4.04. The molecule has 0 aliphatic carbocycles. The smallest absolute Gasteiger partial charge is 0.0777 e. The normalized spacial score (nSPS) is 22.6. The number of likely N-dealkylation sites (N-methyl/N-ethyl adjacent to an activating group) is 1. The van der Waals surface area contributed by atoms with Crippen LogP contribution in [-0.4, -0.2) is 19.3 Å². The topological polar surface area (TPSA) is 21.3 Å². The lowest BCUT2D eigenvalue weighted by Crippen LogP contribution is -2.35. The number of hydrogen-bond acceptors (Lipinski definition) is 3. The van der Waals surface area contributed by atoms with Gasteiger partial charge in [-0.2, -0.15) is 0 Å². The Morgan fingerprint density at radius 1 is 1.59 bits per heavy atom. The number of halogens is 1. The molecule has 2 heterocycles. The molecule has 4 heteroatoms. The van der Waals surface area contributed by atoms with E-state index in [9.17, 15) is 0 Å². The maximum absolute atomic E-state index is 5.93. The van der Waals surface area contributed by atoms with Gasteiger partial charge in [0, 0.05) is 20.8 Å². The van der Waals surface area contributed by atoms with E-state index in [1.165, 1.54) is 33.5 Å². The van der Waals surface area contributed by atoms with Gasteiger partial charge in [0.15, 0.2) is 0 Å². The summed E-state index contributed by atoms with van der Waals surface area (Å²) in [5.74, 6) is 0. The molecule has 0 saturated carbocycles. The molecular weight excluding hydrogens is 298 g/mol. The fraction of sp³-hybridized carbons (Fsp3) is 0.692. The third-order valence-corrected chi connectivity index (χ3v) is 5.41. The summed E-state index contributed by atoms with van der Waals surface area (Å²) in [6.07, 6.45) is 4.01. The van der Waals surface area contributed by atoms with Crippen LogP contribution in [0.25, 0.3) is 0 Å². The van der Waals surface area contributed by atoms with Gasteiger partial charge >= 0.3 is 0 Å². The van der Waals surface area contributed by atoms with Gasteiger partial charge in [0.1, 0.15) is 0 Å². The van der Waals surface area contributed by atoms with Crippen LogP contribution in [0.15, 0.2) is 10.5 Å². The van der Waals surface area contributed by atoms with E-state index in [1.54, 1.807) is 0 Å². The first kappa shape index (κ1) is 13.5. The largest absolute Gasteiger partial charge is 0.376 e. The Kier molecular flexibility index (Phi) is 5.03. The number of hydrogen-bond donors (Lipinski definition) is 1. The zero-order chi connectivity index (χ0) is 12.3. The highest BCUT2D eigenvalue weighted by Gasteiger charge is 2.26. The van der Waals surface area contributed by atoms with Crippen LogP contribution in [-0.2, 0) is 4.74 Å². The van der Waals surface area contributed by atoms with Crippen LogP contribution in [0.1, 0.15) is 42.0 Å². The molecule has 2 atom stereocenters. The summed E-state index contributed by atoms with van der Waals surface area (Å²) in [7, 11) is 0. The van der Waals surface area contributed by atoms with E-state index >= 15 is 0 Å². The number of aryl methyl sites for hydroxylation is 1. The molecule has 2 unspecified atom stereocenters. The zero-order valence-electron chi connectivity index (χ0n) is 10.5. The molecule has 0 radical (unpaired) electrons. The van der Waals surface area contributed by atoms with Gasteiger partial charge in [-0.3, -0.25) is 0 Å². The maximum Gasteiger partial charge on any atom is 0.0777 e. The molecule has 0 spiro atoms. The van der Waals surface area contributed by atoms with Crippen molar-refractivity contribution in [2.45, 2.75) is 45.3 Å². The van der Waals surface area contributed by atoms with Crippen LogP contribution in [0.5, 0.6) is 0 Å². The molecule has 17 heavy (non-hydrogen) atoms. The maximum atomic E-state index is 5.93. The lowest BCUT2D eigenvalue weighted by Gasteiger charge is -2.30. The summed E-state index contributed by atoms with van der Waals surface area (Å²) < 4.78 is 7.14. The van der Waals surface area contributed by atoms with E-state index in [-0.39, 0.29) is 0 Å². The lowest BCUT2D eigenvalue weighted by atomic mass is 10.0. The molecule has 1 aliphatic rings. The van der Waals surface area contributed by atoms with Crippen LogP contribution in [0.3, 0.4) is 0 Å². The van der Waals surface area contributed by atoms with Crippen LogP contribution < -0.4 is 5.32 Å². The van der Waals surface area contributed by atoms with Crippen molar-refractivity contribution in [2.75, 3.05) is 13.2 Å². The average Bonchev–Trinajstić information content (AvgIpc) is 2.67. The van der Waals surface area contributed by atoms with Gasteiger partial charge in [0.2, 0.25) is 0 Å². The van der Waals surface area contributed by atoms with E-state index in [1.807, 2.05) is 11.3 Å². The third-order valence-electron chi connectivity index (χ3n) is 3.19. The molecule has 1 aliphatic heterocycles. The van der Waals surface area contributed by atoms with Gasteiger partial charge in [-0.05, 0) is 54.7 Å². The standard InChI is InChI=1S/C13H20BrNOS/c1-3-15-13(11-6-4-5-7-16-11)12-8-10(14)9(2)17-12/h8,11,13,15H,3-7H2,1-2H3. The summed E-state index contributed by atoms with van der Waals surface area (Å²) in [5, 5.41) is 3.57. The second-order valence-electron chi connectivity index (χ2n) is 4.49.